The van der Waals surface area contributed by atoms with Crippen LogP contribution in [0.4, 0.5) is 5.69 Å². The number of aryl methyl sites for hydroxylation is 2. The predicted molar refractivity (Wildman–Crippen MR) is 102 cm³/mol. The minimum Gasteiger partial charge on any atom is -0.492 e. The highest BCUT2D eigenvalue weighted by atomic mass is 35.5. The summed E-state index contributed by atoms with van der Waals surface area (Å²) in [7, 11) is 0. The minimum atomic E-state index is -0.231. The number of amidine groups is 1. The van der Waals surface area contributed by atoms with E-state index >= 15 is 0 Å². The van der Waals surface area contributed by atoms with Crippen LogP contribution in [0.15, 0.2) is 47.5 Å². The number of nitrogens with zero attached hydrogens (tertiary/aromatic N) is 1. The number of aliphatic imine (C=N–C) groups is 1. The molecule has 3 N–H and O–H groups in total. The van der Waals surface area contributed by atoms with Gasteiger partial charge in [0.1, 0.15) is 18.2 Å². The number of nitrogens with one attached hydrogen (secondary N) is 1. The lowest BCUT2D eigenvalue weighted by Crippen LogP contribution is -2.28. The standard InChI is InChI=1S/C19H22ClN3O2/c1-13-7-8-15(11-14(13)2)25-10-9-22-19(24)16-5-3-4-6-17(16)23-18(21)12-20/h3-8,11H,9-10,12H2,1-2H3,(H2,21,23)(H,22,24). The molecule has 0 saturated heterocycles. The molecule has 0 aliphatic heterocycles. The summed E-state index contributed by atoms with van der Waals surface area (Å²) in [6.45, 7) is 4.85. The number of benzene rings is 2. The maximum absolute atomic E-state index is 12.3. The Balaban J connectivity index is 1.91. The molecular formula is C19H22ClN3O2. The predicted octanol–water partition coefficient (Wildman–Crippen LogP) is 3.34. The fourth-order valence-electron chi connectivity index (χ4n) is 2.18. The van der Waals surface area contributed by atoms with E-state index in [1.54, 1.807) is 24.3 Å². The highest BCUT2D eigenvalue weighted by Crippen LogP contribution is 2.19. The zero-order chi connectivity index (χ0) is 18.2. The summed E-state index contributed by atoms with van der Waals surface area (Å²) in [6.07, 6.45) is 0. The Labute approximate surface area is 152 Å². The second-order valence-corrected chi connectivity index (χ2v) is 5.87. The Morgan fingerprint density at radius 3 is 2.68 bits per heavy atom. The molecule has 1 amide bonds. The summed E-state index contributed by atoms with van der Waals surface area (Å²) in [5.74, 6) is 0.933. The summed E-state index contributed by atoms with van der Waals surface area (Å²) in [6, 6.07) is 12.9. The monoisotopic (exact) mass is 359 g/mol. The van der Waals surface area contributed by atoms with Gasteiger partial charge in [0.25, 0.3) is 5.91 Å². The van der Waals surface area contributed by atoms with Gasteiger partial charge in [-0.3, -0.25) is 4.79 Å². The highest BCUT2D eigenvalue weighted by molar-refractivity contribution is 6.28. The number of carbonyl (C=O) groups is 1. The second kappa shape index (κ2) is 9.08. The van der Waals surface area contributed by atoms with Gasteiger partial charge in [-0.15, -0.1) is 11.6 Å². The van der Waals surface area contributed by atoms with Crippen LogP contribution < -0.4 is 15.8 Å². The molecule has 0 atom stereocenters. The number of carbonyl (C=O) groups excluding carboxylic acids is 1. The number of para-hydroxylation sites is 1. The van der Waals surface area contributed by atoms with Crippen molar-refractivity contribution in [2.75, 3.05) is 19.0 Å². The van der Waals surface area contributed by atoms with Crippen LogP contribution in [0, 0.1) is 13.8 Å². The number of amides is 1. The van der Waals surface area contributed by atoms with Crippen LogP contribution >= 0.6 is 11.6 Å². The highest BCUT2D eigenvalue weighted by Gasteiger charge is 2.10. The van der Waals surface area contributed by atoms with Crippen molar-refractivity contribution in [3.63, 3.8) is 0 Å². The zero-order valence-electron chi connectivity index (χ0n) is 14.4. The van der Waals surface area contributed by atoms with Crippen LogP contribution in [0.5, 0.6) is 5.75 Å². The van der Waals surface area contributed by atoms with Gasteiger partial charge in [-0.05, 0) is 49.2 Å². The fraction of sp³-hybridized carbons (Fsp3) is 0.263. The molecule has 0 bridgehead atoms. The summed E-state index contributed by atoms with van der Waals surface area (Å²) in [4.78, 5) is 16.5. The maximum Gasteiger partial charge on any atom is 0.253 e. The van der Waals surface area contributed by atoms with Gasteiger partial charge in [0, 0.05) is 0 Å². The molecule has 0 radical (unpaired) electrons. The summed E-state index contributed by atoms with van der Waals surface area (Å²) in [5, 5.41) is 2.82. The number of halogens is 1. The SMILES string of the molecule is Cc1ccc(OCCNC(=O)c2ccccc2N=C(N)CCl)cc1C. The number of hydrogen-bond donors (Lipinski definition) is 2. The van der Waals surface area contributed by atoms with Gasteiger partial charge in [-0.1, -0.05) is 18.2 Å². The van der Waals surface area contributed by atoms with Gasteiger partial charge in [0.05, 0.1) is 23.7 Å². The molecule has 0 fully saturated rings. The van der Waals surface area contributed by atoms with Crippen LogP contribution in [-0.2, 0) is 0 Å². The van der Waals surface area contributed by atoms with Crippen molar-refractivity contribution in [2.45, 2.75) is 13.8 Å². The summed E-state index contributed by atoms with van der Waals surface area (Å²) >= 11 is 5.64. The first-order valence-corrected chi connectivity index (χ1v) is 8.51. The Morgan fingerprint density at radius 2 is 1.96 bits per heavy atom. The van der Waals surface area contributed by atoms with Crippen molar-refractivity contribution in [1.29, 1.82) is 0 Å². The molecule has 0 aromatic heterocycles. The maximum atomic E-state index is 12.3. The van der Waals surface area contributed by atoms with Crippen molar-refractivity contribution in [2.24, 2.45) is 10.7 Å². The van der Waals surface area contributed by atoms with E-state index in [-0.39, 0.29) is 17.6 Å². The molecule has 0 aliphatic carbocycles. The molecule has 0 spiro atoms. The molecule has 25 heavy (non-hydrogen) atoms. The Morgan fingerprint density at radius 1 is 1.20 bits per heavy atom. The van der Waals surface area contributed by atoms with E-state index < -0.39 is 0 Å². The molecule has 6 heteroatoms. The molecule has 2 aromatic carbocycles. The lowest BCUT2D eigenvalue weighted by Gasteiger charge is -2.10. The number of hydrogen-bond acceptors (Lipinski definition) is 3. The summed E-state index contributed by atoms with van der Waals surface area (Å²) < 4.78 is 5.66. The van der Waals surface area contributed by atoms with Gasteiger partial charge in [-0.25, -0.2) is 4.99 Å². The second-order valence-electron chi connectivity index (χ2n) is 5.60. The lowest BCUT2D eigenvalue weighted by molar-refractivity contribution is 0.0947. The first-order chi connectivity index (χ1) is 12.0. The van der Waals surface area contributed by atoms with Crippen LogP contribution in [-0.4, -0.2) is 30.8 Å². The molecular weight excluding hydrogens is 338 g/mol. The van der Waals surface area contributed by atoms with Crippen molar-refractivity contribution < 1.29 is 9.53 Å². The third-order valence-electron chi connectivity index (χ3n) is 3.68. The number of alkyl halides is 1. The van der Waals surface area contributed by atoms with Gasteiger partial charge in [-0.2, -0.15) is 0 Å². The van der Waals surface area contributed by atoms with Gasteiger partial charge >= 0.3 is 0 Å². The van der Waals surface area contributed by atoms with Crippen molar-refractivity contribution in [3.05, 3.63) is 59.2 Å². The van der Waals surface area contributed by atoms with E-state index in [2.05, 4.69) is 17.2 Å². The zero-order valence-corrected chi connectivity index (χ0v) is 15.1. The van der Waals surface area contributed by atoms with E-state index in [9.17, 15) is 4.79 Å². The minimum absolute atomic E-state index is 0.111. The van der Waals surface area contributed by atoms with E-state index in [4.69, 9.17) is 22.1 Å². The van der Waals surface area contributed by atoms with Gasteiger partial charge < -0.3 is 15.8 Å². The van der Waals surface area contributed by atoms with Crippen molar-refractivity contribution in [1.82, 2.24) is 5.32 Å². The van der Waals surface area contributed by atoms with Crippen LogP contribution in [0.1, 0.15) is 21.5 Å². The normalized spacial score (nSPS) is 11.2. The molecule has 0 heterocycles. The van der Waals surface area contributed by atoms with Gasteiger partial charge in [0.2, 0.25) is 0 Å². The van der Waals surface area contributed by atoms with Crippen LogP contribution in [0.3, 0.4) is 0 Å². The molecule has 5 nitrogen and oxygen atoms in total. The number of ether oxygens (including phenoxy) is 1. The topological polar surface area (TPSA) is 76.7 Å². The smallest absolute Gasteiger partial charge is 0.253 e. The first-order valence-electron chi connectivity index (χ1n) is 7.97. The van der Waals surface area contributed by atoms with Crippen LogP contribution in [0.25, 0.3) is 0 Å². The first kappa shape index (κ1) is 18.8. The number of nitrogens with two attached hydrogens (primary N) is 1. The average molecular weight is 360 g/mol. The molecule has 0 unspecified atom stereocenters. The molecule has 2 aromatic rings. The molecule has 0 aliphatic rings. The largest absolute Gasteiger partial charge is 0.492 e. The van der Waals surface area contributed by atoms with Crippen molar-refractivity contribution >= 4 is 29.0 Å². The Kier molecular flexibility index (Phi) is 6.83. The van der Waals surface area contributed by atoms with E-state index in [1.165, 1.54) is 11.1 Å². The Hall–Kier alpha value is -2.53. The van der Waals surface area contributed by atoms with E-state index in [1.807, 2.05) is 25.1 Å². The van der Waals surface area contributed by atoms with Crippen LogP contribution in [0.2, 0.25) is 0 Å². The fourth-order valence-corrected chi connectivity index (χ4v) is 2.24. The third kappa shape index (κ3) is 5.50. The molecule has 0 saturated carbocycles. The average Bonchev–Trinajstić information content (AvgIpc) is 2.61. The third-order valence-corrected chi connectivity index (χ3v) is 3.96. The number of rotatable bonds is 7. The van der Waals surface area contributed by atoms with E-state index in [0.29, 0.717) is 24.4 Å². The quantitative estimate of drug-likeness (QED) is 0.344. The van der Waals surface area contributed by atoms with E-state index in [0.717, 1.165) is 5.75 Å². The van der Waals surface area contributed by atoms with Gasteiger partial charge in [0.15, 0.2) is 0 Å². The summed E-state index contributed by atoms with van der Waals surface area (Å²) in [5.41, 5.74) is 8.98. The van der Waals surface area contributed by atoms with Crippen molar-refractivity contribution in [3.8, 4) is 5.75 Å². The molecule has 132 valence electrons. The molecule has 2 rings (SSSR count). The Bertz CT molecular complexity index is 775. The lowest BCUT2D eigenvalue weighted by atomic mass is 10.1.